The van der Waals surface area contributed by atoms with Crippen LogP contribution in [0.1, 0.15) is 19.8 Å². The number of amides is 3. The monoisotopic (exact) mass is 373 g/mol. The molecule has 2 aromatic rings. The number of carbonyl (C=O) groups excluding carboxylic acids is 2. The zero-order valence-electron chi connectivity index (χ0n) is 14.3. The predicted octanol–water partition coefficient (Wildman–Crippen LogP) is 4.03. The van der Waals surface area contributed by atoms with Gasteiger partial charge in [0.1, 0.15) is 5.75 Å². The van der Waals surface area contributed by atoms with E-state index < -0.39 is 6.10 Å². The Bertz CT molecular complexity index is 808. The Hall–Kier alpha value is -2.73. The molecule has 26 heavy (non-hydrogen) atoms. The number of ether oxygens (including phenoxy) is 1. The molecule has 1 aliphatic carbocycles. The Kier molecular flexibility index (Phi) is 5.63. The van der Waals surface area contributed by atoms with Gasteiger partial charge in [-0.25, -0.2) is 4.79 Å². The number of nitrogens with one attached hydrogen (secondary N) is 3. The summed E-state index contributed by atoms with van der Waals surface area (Å²) in [6.07, 6.45) is 1.31. The molecule has 0 aromatic heterocycles. The number of urea groups is 1. The molecule has 6 nitrogen and oxygen atoms in total. The molecule has 3 N–H and O–H groups in total. The molecule has 7 heteroatoms. The average molecular weight is 374 g/mol. The van der Waals surface area contributed by atoms with Crippen molar-refractivity contribution in [1.29, 1.82) is 0 Å². The van der Waals surface area contributed by atoms with Gasteiger partial charge in [-0.3, -0.25) is 4.79 Å². The number of hydrogen-bond acceptors (Lipinski definition) is 3. The van der Waals surface area contributed by atoms with Gasteiger partial charge in [-0.05, 0) is 50.1 Å². The Labute approximate surface area is 156 Å². The van der Waals surface area contributed by atoms with Crippen molar-refractivity contribution >= 4 is 34.9 Å². The van der Waals surface area contributed by atoms with Gasteiger partial charge in [0.15, 0.2) is 6.10 Å². The van der Waals surface area contributed by atoms with E-state index in [2.05, 4.69) is 16.0 Å². The van der Waals surface area contributed by atoms with E-state index in [1.807, 2.05) is 0 Å². The van der Waals surface area contributed by atoms with Gasteiger partial charge in [0.25, 0.3) is 5.91 Å². The molecule has 0 spiro atoms. The number of anilines is 2. The van der Waals surface area contributed by atoms with Crippen LogP contribution in [-0.4, -0.2) is 24.1 Å². The lowest BCUT2D eigenvalue weighted by molar-refractivity contribution is -0.122. The summed E-state index contributed by atoms with van der Waals surface area (Å²) >= 11 is 6.04. The van der Waals surface area contributed by atoms with Crippen molar-refractivity contribution in [1.82, 2.24) is 5.32 Å². The second-order valence-electron chi connectivity index (χ2n) is 6.13. The number of carbonyl (C=O) groups is 2. The Morgan fingerprint density at radius 1 is 1.08 bits per heavy atom. The minimum Gasteiger partial charge on any atom is -0.479 e. The normalized spacial score (nSPS) is 14.2. The smallest absolute Gasteiger partial charge is 0.319 e. The van der Waals surface area contributed by atoms with E-state index >= 15 is 0 Å². The summed E-state index contributed by atoms with van der Waals surface area (Å²) in [6.45, 7) is 1.64. The molecule has 0 heterocycles. The highest BCUT2D eigenvalue weighted by Crippen LogP contribution is 2.24. The summed E-state index contributed by atoms with van der Waals surface area (Å²) in [6, 6.07) is 13.9. The Morgan fingerprint density at radius 3 is 2.46 bits per heavy atom. The first-order chi connectivity index (χ1) is 12.5. The largest absolute Gasteiger partial charge is 0.479 e. The van der Waals surface area contributed by atoms with Crippen molar-refractivity contribution in [2.75, 3.05) is 10.6 Å². The lowest BCUT2D eigenvalue weighted by atomic mass is 10.2. The lowest BCUT2D eigenvalue weighted by Crippen LogP contribution is -2.31. The zero-order chi connectivity index (χ0) is 18.5. The summed E-state index contributed by atoms with van der Waals surface area (Å²) < 4.78 is 5.60. The topological polar surface area (TPSA) is 79.5 Å². The number of rotatable bonds is 6. The molecule has 0 bridgehead atoms. The third-order valence-electron chi connectivity index (χ3n) is 3.81. The second-order valence-corrected chi connectivity index (χ2v) is 6.54. The molecule has 1 saturated carbocycles. The van der Waals surface area contributed by atoms with Crippen LogP contribution in [0.25, 0.3) is 0 Å². The first kappa shape index (κ1) is 18.1. The molecule has 3 rings (SSSR count). The fourth-order valence-corrected chi connectivity index (χ4v) is 2.46. The van der Waals surface area contributed by atoms with Crippen molar-refractivity contribution in [3.8, 4) is 5.75 Å². The third kappa shape index (κ3) is 5.13. The highest BCUT2D eigenvalue weighted by molar-refractivity contribution is 6.32. The highest BCUT2D eigenvalue weighted by Gasteiger charge is 2.23. The van der Waals surface area contributed by atoms with Crippen LogP contribution in [0.3, 0.4) is 0 Å². The minimum atomic E-state index is -0.732. The summed E-state index contributed by atoms with van der Waals surface area (Å²) in [5.74, 6) is 0.133. The highest BCUT2D eigenvalue weighted by atomic mass is 35.5. The predicted molar refractivity (Wildman–Crippen MR) is 102 cm³/mol. The van der Waals surface area contributed by atoms with Crippen molar-refractivity contribution in [3.63, 3.8) is 0 Å². The van der Waals surface area contributed by atoms with Gasteiger partial charge >= 0.3 is 6.03 Å². The van der Waals surface area contributed by atoms with Crippen LogP contribution in [0, 0.1) is 0 Å². The zero-order valence-corrected chi connectivity index (χ0v) is 15.0. The Morgan fingerprint density at radius 2 is 1.77 bits per heavy atom. The summed E-state index contributed by atoms with van der Waals surface area (Å²) in [4.78, 5) is 24.1. The van der Waals surface area contributed by atoms with Crippen LogP contribution in [-0.2, 0) is 4.79 Å². The molecule has 0 radical (unpaired) electrons. The summed E-state index contributed by atoms with van der Waals surface area (Å²) in [5, 5.41) is 8.81. The van der Waals surface area contributed by atoms with Crippen molar-refractivity contribution in [2.24, 2.45) is 0 Å². The third-order valence-corrected chi connectivity index (χ3v) is 4.12. The van der Waals surface area contributed by atoms with Gasteiger partial charge in [0, 0.05) is 17.4 Å². The molecule has 0 aliphatic heterocycles. The quantitative estimate of drug-likeness (QED) is 0.715. The maximum Gasteiger partial charge on any atom is 0.319 e. The molecule has 0 saturated heterocycles. The van der Waals surface area contributed by atoms with Gasteiger partial charge < -0.3 is 20.7 Å². The maximum absolute atomic E-state index is 12.3. The molecular formula is C19H20ClN3O3. The van der Waals surface area contributed by atoms with Crippen molar-refractivity contribution < 1.29 is 14.3 Å². The van der Waals surface area contributed by atoms with Gasteiger partial charge in [0.05, 0.1) is 5.02 Å². The Balaban J connectivity index is 1.57. The van der Waals surface area contributed by atoms with Gasteiger partial charge in [-0.2, -0.15) is 0 Å². The summed E-state index contributed by atoms with van der Waals surface area (Å²) in [5.41, 5.74) is 1.16. The molecule has 1 unspecified atom stereocenters. The number of hydrogen-bond donors (Lipinski definition) is 3. The molecule has 1 atom stereocenters. The van der Waals surface area contributed by atoms with E-state index in [4.69, 9.17) is 16.3 Å². The first-order valence-corrected chi connectivity index (χ1v) is 8.78. The van der Waals surface area contributed by atoms with E-state index in [0.717, 1.165) is 12.8 Å². The van der Waals surface area contributed by atoms with Crippen LogP contribution >= 0.6 is 11.6 Å². The minimum absolute atomic E-state index is 0.244. The maximum atomic E-state index is 12.3. The van der Waals surface area contributed by atoms with Crippen LogP contribution < -0.4 is 20.7 Å². The second kappa shape index (κ2) is 8.10. The van der Waals surface area contributed by atoms with Crippen LogP contribution in [0.5, 0.6) is 5.75 Å². The standard InChI is InChI=1S/C19H20ClN3O3/c1-12(26-17-8-3-2-7-16(17)20)18(24)21-14-5-4-6-15(11-14)23-19(25)22-13-9-10-13/h2-8,11-13H,9-10H2,1H3,(H,21,24)(H2,22,23,25). The van der Waals surface area contributed by atoms with E-state index in [9.17, 15) is 9.59 Å². The van der Waals surface area contributed by atoms with E-state index in [-0.39, 0.29) is 18.0 Å². The lowest BCUT2D eigenvalue weighted by Gasteiger charge is -2.16. The van der Waals surface area contributed by atoms with Gasteiger partial charge in [-0.15, -0.1) is 0 Å². The van der Waals surface area contributed by atoms with Crippen LogP contribution in [0.4, 0.5) is 16.2 Å². The van der Waals surface area contributed by atoms with Gasteiger partial charge in [-0.1, -0.05) is 29.8 Å². The number of benzene rings is 2. The van der Waals surface area contributed by atoms with E-state index in [1.54, 1.807) is 55.5 Å². The van der Waals surface area contributed by atoms with E-state index in [1.165, 1.54) is 0 Å². The fraction of sp³-hybridized carbons (Fsp3) is 0.263. The molecule has 136 valence electrons. The van der Waals surface area contributed by atoms with Crippen LogP contribution in [0.15, 0.2) is 48.5 Å². The molecule has 1 fully saturated rings. The molecule has 3 amide bonds. The molecule has 1 aliphatic rings. The number of para-hydroxylation sites is 1. The van der Waals surface area contributed by atoms with Crippen LogP contribution in [0.2, 0.25) is 5.02 Å². The van der Waals surface area contributed by atoms with Gasteiger partial charge in [0.2, 0.25) is 0 Å². The number of halogens is 1. The fourth-order valence-electron chi connectivity index (χ4n) is 2.28. The van der Waals surface area contributed by atoms with E-state index in [0.29, 0.717) is 22.1 Å². The summed E-state index contributed by atoms with van der Waals surface area (Å²) in [7, 11) is 0. The van der Waals surface area contributed by atoms with Crippen molar-refractivity contribution in [2.45, 2.75) is 31.9 Å². The SMILES string of the molecule is CC(Oc1ccccc1Cl)C(=O)Nc1cccc(NC(=O)NC2CC2)c1. The molecular weight excluding hydrogens is 354 g/mol. The first-order valence-electron chi connectivity index (χ1n) is 8.41. The van der Waals surface area contributed by atoms with Crippen molar-refractivity contribution in [3.05, 3.63) is 53.6 Å². The molecule has 2 aromatic carbocycles. The average Bonchev–Trinajstić information content (AvgIpc) is 3.41.